The van der Waals surface area contributed by atoms with Crippen molar-refractivity contribution in [2.75, 3.05) is 6.61 Å². The van der Waals surface area contributed by atoms with Crippen LogP contribution in [-0.4, -0.2) is 16.5 Å². The van der Waals surface area contributed by atoms with Gasteiger partial charge in [-0.25, -0.2) is 0 Å². The normalized spacial score (nSPS) is 11.5. The number of hydrogen-bond acceptors (Lipinski definition) is 7. The summed E-state index contributed by atoms with van der Waals surface area (Å²) in [6.45, 7) is 1.84. The number of nitrogens with zero attached hydrogens (tertiary/aromatic N) is 3. The smallest absolute Gasteiger partial charge is 0.416 e. The average Bonchev–Trinajstić information content (AvgIpc) is 2.83. The van der Waals surface area contributed by atoms with Gasteiger partial charge >= 0.3 is 11.9 Å². The molecule has 0 aliphatic carbocycles. The largest absolute Gasteiger partial charge is 0.490 e. The van der Waals surface area contributed by atoms with Crippen LogP contribution in [0.3, 0.4) is 0 Å². The minimum atomic E-state index is -4.77. The van der Waals surface area contributed by atoms with Gasteiger partial charge in [0.25, 0.3) is 5.69 Å². The Labute approximate surface area is 201 Å². The Morgan fingerprint density at radius 3 is 2.19 bits per heavy atom. The zero-order valence-electron chi connectivity index (χ0n) is 18.5. The van der Waals surface area contributed by atoms with E-state index in [1.807, 2.05) is 6.07 Å². The second kappa shape index (κ2) is 10.6. The molecule has 0 aliphatic heterocycles. The van der Waals surface area contributed by atoms with E-state index in [1.165, 1.54) is 48.5 Å². The van der Waals surface area contributed by atoms with E-state index in [1.54, 1.807) is 6.92 Å². The second-order valence-corrected chi connectivity index (χ2v) is 7.15. The maximum Gasteiger partial charge on any atom is 0.416 e. The van der Waals surface area contributed by atoms with Crippen LogP contribution in [-0.2, 0) is 6.18 Å². The maximum atomic E-state index is 13.0. The van der Waals surface area contributed by atoms with Gasteiger partial charge in [0.15, 0.2) is 11.5 Å². The van der Waals surface area contributed by atoms with E-state index < -0.39 is 33.0 Å². The summed E-state index contributed by atoms with van der Waals surface area (Å²) in [4.78, 5) is 20.6. The van der Waals surface area contributed by atoms with Crippen molar-refractivity contribution in [3.05, 3.63) is 97.6 Å². The fourth-order valence-electron chi connectivity index (χ4n) is 3.12. The number of alkyl halides is 3. The van der Waals surface area contributed by atoms with Gasteiger partial charge in [-0.2, -0.15) is 18.4 Å². The molecule has 0 aliphatic rings. The summed E-state index contributed by atoms with van der Waals surface area (Å²) in [5.74, 6) is -0.284. The summed E-state index contributed by atoms with van der Waals surface area (Å²) >= 11 is 0. The highest BCUT2D eigenvalue weighted by molar-refractivity contribution is 5.90. The lowest BCUT2D eigenvalue weighted by atomic mass is 10.0. The van der Waals surface area contributed by atoms with Crippen molar-refractivity contribution >= 4 is 23.0 Å². The standard InChI is InChI=1S/C24H16F3N3O6/c1-2-35-23-12-15(11-17(14-28)16-4-7-19(8-5-16)29(31)32)3-9-22(23)36-21-10-6-18(24(25,26)27)13-20(21)30(33)34/h3-13H,2H2,1H3/b17-11+. The molecule has 0 fully saturated rings. The van der Waals surface area contributed by atoms with Gasteiger partial charge in [-0.15, -0.1) is 0 Å². The van der Waals surface area contributed by atoms with Crippen molar-refractivity contribution < 1.29 is 32.5 Å². The highest BCUT2D eigenvalue weighted by atomic mass is 19.4. The molecule has 0 unspecified atom stereocenters. The Hall–Kier alpha value is -4.92. The van der Waals surface area contributed by atoms with Gasteiger partial charge in [-0.3, -0.25) is 20.2 Å². The quantitative estimate of drug-likeness (QED) is 0.145. The summed E-state index contributed by atoms with van der Waals surface area (Å²) in [6, 6.07) is 13.7. The van der Waals surface area contributed by atoms with E-state index in [0.717, 1.165) is 6.07 Å². The van der Waals surface area contributed by atoms with Gasteiger partial charge in [0.2, 0.25) is 5.75 Å². The third-order valence-corrected chi connectivity index (χ3v) is 4.79. The van der Waals surface area contributed by atoms with E-state index in [-0.39, 0.29) is 29.4 Å². The number of nitro groups is 2. The highest BCUT2D eigenvalue weighted by Crippen LogP contribution is 2.40. The Kier molecular flexibility index (Phi) is 7.54. The van der Waals surface area contributed by atoms with Crippen LogP contribution < -0.4 is 9.47 Å². The third kappa shape index (κ3) is 5.95. The van der Waals surface area contributed by atoms with E-state index in [4.69, 9.17) is 9.47 Å². The molecule has 9 nitrogen and oxygen atoms in total. The van der Waals surface area contributed by atoms with Crippen molar-refractivity contribution in [1.29, 1.82) is 5.26 Å². The molecule has 12 heteroatoms. The number of nitriles is 1. The topological polar surface area (TPSA) is 129 Å². The molecule has 0 saturated heterocycles. The van der Waals surface area contributed by atoms with Crippen LogP contribution in [0.1, 0.15) is 23.6 Å². The number of nitro benzene ring substituents is 2. The molecule has 36 heavy (non-hydrogen) atoms. The van der Waals surface area contributed by atoms with Gasteiger partial charge in [0.05, 0.1) is 33.7 Å². The average molecular weight is 499 g/mol. The van der Waals surface area contributed by atoms with Gasteiger partial charge in [0, 0.05) is 18.2 Å². The number of benzene rings is 3. The lowest BCUT2D eigenvalue weighted by Gasteiger charge is -2.14. The van der Waals surface area contributed by atoms with Crippen LogP contribution in [0.15, 0.2) is 60.7 Å². The van der Waals surface area contributed by atoms with Crippen LogP contribution in [0.25, 0.3) is 11.6 Å². The molecule has 0 radical (unpaired) electrons. The number of ether oxygens (including phenoxy) is 2. The predicted molar refractivity (Wildman–Crippen MR) is 122 cm³/mol. The van der Waals surface area contributed by atoms with Crippen molar-refractivity contribution in [3.8, 4) is 23.3 Å². The van der Waals surface area contributed by atoms with Crippen molar-refractivity contribution in [2.24, 2.45) is 0 Å². The molecule has 0 spiro atoms. The second-order valence-electron chi connectivity index (χ2n) is 7.15. The number of allylic oxidation sites excluding steroid dienone is 1. The summed E-state index contributed by atoms with van der Waals surface area (Å²) in [5.41, 5.74) is -1.10. The summed E-state index contributed by atoms with van der Waals surface area (Å²) in [7, 11) is 0. The van der Waals surface area contributed by atoms with E-state index >= 15 is 0 Å². The molecule has 3 aromatic rings. The summed E-state index contributed by atoms with van der Waals surface area (Å²) in [5, 5.41) is 31.7. The number of rotatable bonds is 8. The van der Waals surface area contributed by atoms with Gasteiger partial charge in [-0.1, -0.05) is 6.07 Å². The number of non-ortho nitro benzene ring substituents is 1. The van der Waals surface area contributed by atoms with Crippen LogP contribution >= 0.6 is 0 Å². The Morgan fingerprint density at radius 1 is 0.972 bits per heavy atom. The third-order valence-electron chi connectivity index (χ3n) is 4.79. The predicted octanol–water partition coefficient (Wildman–Crippen LogP) is 6.78. The fraction of sp³-hybridized carbons (Fsp3) is 0.125. The van der Waals surface area contributed by atoms with Crippen LogP contribution in [0, 0.1) is 31.6 Å². The molecular weight excluding hydrogens is 483 g/mol. The molecule has 184 valence electrons. The molecule has 0 amide bonds. The SMILES string of the molecule is CCOc1cc(/C=C(\C#N)c2ccc([N+](=O)[O-])cc2)ccc1Oc1ccc(C(F)(F)F)cc1[N+](=O)[O-]. The lowest BCUT2D eigenvalue weighted by molar-refractivity contribution is -0.385. The van der Waals surface area contributed by atoms with E-state index in [9.17, 15) is 38.7 Å². The Balaban J connectivity index is 1.98. The minimum absolute atomic E-state index is 0.00528. The van der Waals surface area contributed by atoms with Crippen molar-refractivity contribution in [3.63, 3.8) is 0 Å². The summed E-state index contributed by atoms with van der Waals surface area (Å²) in [6.07, 6.45) is -3.27. The number of hydrogen-bond donors (Lipinski definition) is 0. The van der Waals surface area contributed by atoms with Gasteiger partial charge in [-0.05, 0) is 60.5 Å². The fourth-order valence-corrected chi connectivity index (χ4v) is 3.12. The summed E-state index contributed by atoms with van der Waals surface area (Å²) < 4.78 is 50.0. The maximum absolute atomic E-state index is 13.0. The molecular formula is C24H16F3N3O6. The first-order valence-electron chi connectivity index (χ1n) is 10.2. The molecule has 3 aromatic carbocycles. The monoisotopic (exact) mass is 499 g/mol. The van der Waals surface area contributed by atoms with Crippen LogP contribution in [0.5, 0.6) is 17.2 Å². The van der Waals surface area contributed by atoms with E-state index in [0.29, 0.717) is 23.3 Å². The Bertz CT molecular complexity index is 1380. The minimum Gasteiger partial charge on any atom is -0.490 e. The van der Waals surface area contributed by atoms with Crippen LogP contribution in [0.2, 0.25) is 0 Å². The molecule has 3 rings (SSSR count). The molecule has 0 N–H and O–H groups in total. The van der Waals surface area contributed by atoms with Gasteiger partial charge < -0.3 is 9.47 Å². The first-order chi connectivity index (χ1) is 17.0. The first-order valence-corrected chi connectivity index (χ1v) is 10.2. The molecule has 0 bridgehead atoms. The zero-order chi connectivity index (χ0) is 26.5. The van der Waals surface area contributed by atoms with Crippen molar-refractivity contribution in [1.82, 2.24) is 0 Å². The first kappa shape index (κ1) is 25.7. The zero-order valence-corrected chi connectivity index (χ0v) is 18.5. The Morgan fingerprint density at radius 2 is 1.64 bits per heavy atom. The van der Waals surface area contributed by atoms with Gasteiger partial charge in [0.1, 0.15) is 0 Å². The lowest BCUT2D eigenvalue weighted by Crippen LogP contribution is -2.06. The van der Waals surface area contributed by atoms with Crippen molar-refractivity contribution in [2.45, 2.75) is 13.1 Å². The molecule has 0 saturated carbocycles. The molecule has 0 heterocycles. The molecule has 0 aromatic heterocycles. The number of halogens is 3. The van der Waals surface area contributed by atoms with E-state index in [2.05, 4.69) is 0 Å². The molecule has 0 atom stereocenters. The highest BCUT2D eigenvalue weighted by Gasteiger charge is 2.33. The van der Waals surface area contributed by atoms with Crippen LogP contribution in [0.4, 0.5) is 24.5 Å².